The quantitative estimate of drug-likeness (QED) is 0.347. The maximum atomic E-state index is 12.8. The second-order valence-corrected chi connectivity index (χ2v) is 8.56. The summed E-state index contributed by atoms with van der Waals surface area (Å²) in [6.07, 6.45) is 9.68. The molecule has 1 aliphatic carbocycles. The summed E-state index contributed by atoms with van der Waals surface area (Å²) >= 11 is 6.13. The second kappa shape index (κ2) is 10.1. The van der Waals surface area contributed by atoms with E-state index in [9.17, 15) is 9.59 Å². The molecule has 0 unspecified atom stereocenters. The summed E-state index contributed by atoms with van der Waals surface area (Å²) in [4.78, 5) is 36.8. The van der Waals surface area contributed by atoms with Gasteiger partial charge in [-0.25, -0.2) is 9.97 Å². The first-order chi connectivity index (χ1) is 15.5. The van der Waals surface area contributed by atoms with Crippen LogP contribution in [-0.4, -0.2) is 44.6 Å². The summed E-state index contributed by atoms with van der Waals surface area (Å²) in [6.45, 7) is 3.54. The highest BCUT2D eigenvalue weighted by Gasteiger charge is 2.16. The average Bonchev–Trinajstić information content (AvgIpc) is 3.12. The van der Waals surface area contributed by atoms with Crippen LogP contribution in [0, 0.1) is 6.92 Å². The first-order valence-electron chi connectivity index (χ1n) is 10.9. The van der Waals surface area contributed by atoms with Crippen molar-refractivity contribution in [2.75, 3.05) is 18.4 Å². The van der Waals surface area contributed by atoms with Gasteiger partial charge in [-0.15, -0.1) is 0 Å². The van der Waals surface area contributed by atoms with Gasteiger partial charge in [0, 0.05) is 48.8 Å². The third-order valence-corrected chi connectivity index (χ3v) is 6.08. The summed E-state index contributed by atoms with van der Waals surface area (Å²) in [7, 11) is 0. The number of H-pyrrole nitrogens is 1. The highest BCUT2D eigenvalue weighted by Crippen LogP contribution is 2.22. The molecule has 3 aromatic heterocycles. The van der Waals surface area contributed by atoms with Crippen molar-refractivity contribution in [1.82, 2.24) is 30.2 Å². The third kappa shape index (κ3) is 5.28. The minimum Gasteiger partial charge on any atom is -0.365 e. The molecule has 4 rings (SSSR count). The molecule has 10 heteroatoms. The first kappa shape index (κ1) is 22.3. The van der Waals surface area contributed by atoms with Crippen molar-refractivity contribution >= 4 is 34.4 Å². The Hall–Kier alpha value is -2.91. The van der Waals surface area contributed by atoms with E-state index in [1.54, 1.807) is 25.5 Å². The number of anilines is 1. The van der Waals surface area contributed by atoms with Gasteiger partial charge in [0.15, 0.2) is 5.82 Å². The van der Waals surface area contributed by atoms with Gasteiger partial charge in [-0.2, -0.15) is 0 Å². The van der Waals surface area contributed by atoms with Gasteiger partial charge >= 0.3 is 0 Å². The van der Waals surface area contributed by atoms with E-state index in [-0.39, 0.29) is 23.8 Å². The van der Waals surface area contributed by atoms with Gasteiger partial charge in [0.25, 0.3) is 5.56 Å². The Morgan fingerprint density at radius 1 is 1.28 bits per heavy atom. The number of nitrogens with zero attached hydrogens (tertiary/aromatic N) is 3. The Morgan fingerprint density at radius 3 is 2.91 bits per heavy atom. The molecule has 0 atom stereocenters. The van der Waals surface area contributed by atoms with Crippen LogP contribution in [0.15, 0.2) is 29.5 Å². The van der Waals surface area contributed by atoms with Gasteiger partial charge in [-0.3, -0.25) is 14.2 Å². The number of aromatic nitrogens is 4. The van der Waals surface area contributed by atoms with Crippen LogP contribution in [0.3, 0.4) is 0 Å². The van der Waals surface area contributed by atoms with E-state index < -0.39 is 0 Å². The van der Waals surface area contributed by atoms with Crippen LogP contribution in [0.25, 0.3) is 11.0 Å². The Balaban J connectivity index is 1.30. The van der Waals surface area contributed by atoms with Crippen LogP contribution in [0.2, 0.25) is 5.02 Å². The third-order valence-electron chi connectivity index (χ3n) is 5.77. The topological polar surface area (TPSA) is 117 Å². The van der Waals surface area contributed by atoms with Gasteiger partial charge in [0.2, 0.25) is 5.91 Å². The molecule has 0 radical (unpaired) electrons. The molecule has 0 spiro atoms. The van der Waals surface area contributed by atoms with E-state index in [0.717, 1.165) is 23.9 Å². The number of nitrogens with one attached hydrogen (secondary N) is 4. The highest BCUT2D eigenvalue weighted by molar-refractivity contribution is 6.35. The normalized spacial score (nSPS) is 13.8. The van der Waals surface area contributed by atoms with Crippen LogP contribution >= 0.6 is 11.6 Å². The maximum absolute atomic E-state index is 12.8. The monoisotopic (exact) mass is 457 g/mol. The number of carbonyl (C=O) groups is 1. The lowest BCUT2D eigenvalue weighted by Crippen LogP contribution is -2.36. The minimum absolute atomic E-state index is 0.0777. The van der Waals surface area contributed by atoms with Crippen molar-refractivity contribution in [2.45, 2.75) is 51.7 Å². The Bertz CT molecular complexity index is 1150. The number of hydrogen-bond donors (Lipinski definition) is 4. The molecule has 170 valence electrons. The fraction of sp³-hybridized carbons (Fsp3) is 0.455. The van der Waals surface area contributed by atoms with E-state index in [1.165, 1.54) is 23.8 Å². The van der Waals surface area contributed by atoms with E-state index in [4.69, 9.17) is 11.6 Å². The predicted molar refractivity (Wildman–Crippen MR) is 125 cm³/mol. The lowest BCUT2D eigenvalue weighted by atomic mass is 9.93. The molecule has 1 saturated carbocycles. The van der Waals surface area contributed by atoms with Gasteiger partial charge in [-0.05, 0) is 44.4 Å². The SMILES string of the molecule is Cc1cnc(NCCCNC2CCC2)c(=O)n1CC(=O)NCc1cnc2[nH]cc(Cl)c2c1. The Labute approximate surface area is 191 Å². The molecule has 0 bridgehead atoms. The number of aromatic amines is 1. The molecular weight excluding hydrogens is 430 g/mol. The molecule has 1 fully saturated rings. The van der Waals surface area contributed by atoms with Gasteiger partial charge < -0.3 is 20.9 Å². The predicted octanol–water partition coefficient (Wildman–Crippen LogP) is 2.34. The van der Waals surface area contributed by atoms with Gasteiger partial charge in [-0.1, -0.05) is 18.0 Å². The maximum Gasteiger partial charge on any atom is 0.293 e. The molecule has 32 heavy (non-hydrogen) atoms. The van der Waals surface area contributed by atoms with Crippen molar-refractivity contribution in [2.24, 2.45) is 0 Å². The van der Waals surface area contributed by atoms with Crippen molar-refractivity contribution in [3.05, 3.63) is 51.3 Å². The average molecular weight is 458 g/mol. The van der Waals surface area contributed by atoms with E-state index in [0.29, 0.717) is 35.5 Å². The van der Waals surface area contributed by atoms with Crippen LogP contribution in [0.1, 0.15) is 36.9 Å². The standard InChI is InChI=1S/C22H28ClN7O2/c1-14-9-27-21(25-7-3-6-24-16-4-2-5-16)22(32)30(14)13-19(31)26-10-15-8-17-18(23)12-29-20(17)28-11-15/h8-9,11-12,16,24H,2-7,10,13H2,1H3,(H,25,27)(H,26,31)(H,28,29). The van der Waals surface area contributed by atoms with Crippen molar-refractivity contribution < 1.29 is 4.79 Å². The molecule has 9 nitrogen and oxygen atoms in total. The number of aryl methyl sites for hydroxylation is 1. The summed E-state index contributed by atoms with van der Waals surface area (Å²) in [5.74, 6) is 0.00102. The largest absolute Gasteiger partial charge is 0.365 e. The highest BCUT2D eigenvalue weighted by atomic mass is 35.5. The minimum atomic E-state index is -0.297. The number of rotatable bonds is 10. The zero-order chi connectivity index (χ0) is 22.5. The van der Waals surface area contributed by atoms with Gasteiger partial charge in [0.1, 0.15) is 12.2 Å². The smallest absolute Gasteiger partial charge is 0.293 e. The number of amides is 1. The number of pyridine rings is 1. The fourth-order valence-corrected chi connectivity index (χ4v) is 3.81. The number of halogens is 1. The Kier molecular flexibility index (Phi) is 7.06. The zero-order valence-corrected chi connectivity index (χ0v) is 18.8. The summed E-state index contributed by atoms with van der Waals surface area (Å²) in [5.41, 5.74) is 1.85. The molecule has 4 N–H and O–H groups in total. The fourth-order valence-electron chi connectivity index (χ4n) is 3.61. The molecule has 1 amide bonds. The van der Waals surface area contributed by atoms with Crippen molar-refractivity contribution in [3.63, 3.8) is 0 Å². The van der Waals surface area contributed by atoms with Crippen LogP contribution in [0.4, 0.5) is 5.82 Å². The van der Waals surface area contributed by atoms with Gasteiger partial charge in [0.05, 0.1) is 5.02 Å². The summed E-state index contributed by atoms with van der Waals surface area (Å²) in [6, 6.07) is 2.54. The molecule has 0 saturated heterocycles. The van der Waals surface area contributed by atoms with E-state index in [1.807, 2.05) is 6.07 Å². The number of hydrogen-bond acceptors (Lipinski definition) is 6. The first-order valence-corrected chi connectivity index (χ1v) is 11.3. The van der Waals surface area contributed by atoms with E-state index >= 15 is 0 Å². The van der Waals surface area contributed by atoms with Crippen molar-refractivity contribution in [1.29, 1.82) is 0 Å². The molecule has 3 aromatic rings. The molecule has 3 heterocycles. The number of carbonyl (C=O) groups excluding carboxylic acids is 1. The lowest BCUT2D eigenvalue weighted by molar-refractivity contribution is -0.121. The summed E-state index contributed by atoms with van der Waals surface area (Å²) in [5, 5.41) is 10.8. The van der Waals surface area contributed by atoms with Crippen LogP contribution in [0.5, 0.6) is 0 Å². The molecule has 0 aliphatic heterocycles. The second-order valence-electron chi connectivity index (χ2n) is 8.15. The molecular formula is C22H28ClN7O2. The van der Waals surface area contributed by atoms with Crippen LogP contribution < -0.4 is 21.5 Å². The zero-order valence-electron chi connectivity index (χ0n) is 18.1. The Morgan fingerprint density at radius 2 is 2.12 bits per heavy atom. The molecule has 0 aromatic carbocycles. The van der Waals surface area contributed by atoms with Crippen molar-refractivity contribution in [3.8, 4) is 0 Å². The summed E-state index contributed by atoms with van der Waals surface area (Å²) < 4.78 is 1.43. The van der Waals surface area contributed by atoms with E-state index in [2.05, 4.69) is 30.9 Å². The van der Waals surface area contributed by atoms with Crippen LogP contribution in [-0.2, 0) is 17.9 Å². The number of fused-ring (bicyclic) bond motifs is 1. The molecule has 1 aliphatic rings. The lowest BCUT2D eigenvalue weighted by Gasteiger charge is -2.26.